The van der Waals surface area contributed by atoms with Gasteiger partial charge < -0.3 is 9.38 Å². The van der Waals surface area contributed by atoms with Crippen LogP contribution in [0.5, 0.6) is 0 Å². The number of quaternary nitrogens is 1. The minimum atomic E-state index is 0.463. The van der Waals surface area contributed by atoms with E-state index in [2.05, 4.69) is 11.8 Å². The quantitative estimate of drug-likeness (QED) is 0.674. The Morgan fingerprint density at radius 2 is 1.95 bits per heavy atom. The van der Waals surface area contributed by atoms with Gasteiger partial charge in [-0.1, -0.05) is 0 Å². The summed E-state index contributed by atoms with van der Waals surface area (Å²) in [6.07, 6.45) is 8.76. The van der Waals surface area contributed by atoms with Gasteiger partial charge >= 0.3 is 0 Å². The van der Waals surface area contributed by atoms with Crippen LogP contribution in [-0.4, -0.2) is 53.6 Å². The molecule has 4 saturated heterocycles. The molecule has 4 rings (SSSR count). The van der Waals surface area contributed by atoms with Crippen molar-refractivity contribution in [1.82, 2.24) is 4.90 Å². The van der Waals surface area contributed by atoms with Crippen LogP contribution in [0.4, 0.5) is 0 Å². The number of carbonyl (C=O) groups is 1. The molecule has 1 amide bonds. The van der Waals surface area contributed by atoms with Gasteiger partial charge in [-0.3, -0.25) is 4.79 Å². The van der Waals surface area contributed by atoms with Crippen LogP contribution < -0.4 is 0 Å². The Morgan fingerprint density at radius 3 is 2.75 bits per heavy atom. The first-order valence-corrected chi connectivity index (χ1v) is 8.90. The molecule has 3 heteroatoms. The summed E-state index contributed by atoms with van der Waals surface area (Å²) in [5.41, 5.74) is 0. The van der Waals surface area contributed by atoms with Crippen molar-refractivity contribution in [2.24, 2.45) is 11.8 Å². The summed E-state index contributed by atoms with van der Waals surface area (Å²) in [4.78, 5) is 14.7. The molecule has 0 aliphatic carbocycles. The molecule has 0 spiro atoms. The molecule has 0 aromatic heterocycles. The Kier molecular flexibility index (Phi) is 3.10. The van der Waals surface area contributed by atoms with Gasteiger partial charge in [-0.05, 0) is 45.4 Å². The van der Waals surface area contributed by atoms with Crippen molar-refractivity contribution >= 4 is 5.91 Å². The summed E-state index contributed by atoms with van der Waals surface area (Å²) in [7, 11) is 0. The lowest BCUT2D eigenvalue weighted by molar-refractivity contribution is -0.968. The molecule has 0 saturated carbocycles. The molecule has 0 aromatic rings. The van der Waals surface area contributed by atoms with Crippen LogP contribution in [0.25, 0.3) is 0 Å². The van der Waals surface area contributed by atoms with Crippen molar-refractivity contribution < 1.29 is 9.28 Å². The van der Waals surface area contributed by atoms with Gasteiger partial charge in [0, 0.05) is 30.8 Å². The zero-order valence-electron chi connectivity index (χ0n) is 12.9. The van der Waals surface area contributed by atoms with E-state index in [0.29, 0.717) is 11.9 Å². The van der Waals surface area contributed by atoms with Crippen molar-refractivity contribution in [3.63, 3.8) is 0 Å². The van der Waals surface area contributed by atoms with E-state index >= 15 is 0 Å². The van der Waals surface area contributed by atoms with Crippen molar-refractivity contribution in [2.45, 2.75) is 64.0 Å². The summed E-state index contributed by atoms with van der Waals surface area (Å²) in [6.45, 7) is 7.63. The first-order valence-electron chi connectivity index (χ1n) is 8.90. The van der Waals surface area contributed by atoms with Crippen LogP contribution in [-0.2, 0) is 4.79 Å². The predicted octanol–water partition coefficient (Wildman–Crippen LogP) is 2.41. The first kappa shape index (κ1) is 13.1. The van der Waals surface area contributed by atoms with Crippen LogP contribution in [0.3, 0.4) is 0 Å². The lowest BCUT2D eigenvalue weighted by Gasteiger charge is -2.62. The Bertz CT molecular complexity index is 406. The summed E-state index contributed by atoms with van der Waals surface area (Å²) in [5.74, 6) is 2.07. The SMILES string of the molecule is CC[N+]12CCCC3CN4C(=O)CCCC4C(CCC1)C32. The van der Waals surface area contributed by atoms with Gasteiger partial charge in [0.1, 0.15) is 0 Å². The maximum absolute atomic E-state index is 12.3. The molecule has 0 aromatic carbocycles. The van der Waals surface area contributed by atoms with E-state index in [9.17, 15) is 4.79 Å². The van der Waals surface area contributed by atoms with Crippen LogP contribution >= 0.6 is 0 Å². The van der Waals surface area contributed by atoms with Crippen molar-refractivity contribution in [3.05, 3.63) is 0 Å². The third-order valence-corrected chi connectivity index (χ3v) is 7.04. The molecule has 4 aliphatic heterocycles. The Balaban J connectivity index is 1.70. The summed E-state index contributed by atoms with van der Waals surface area (Å²) in [5, 5.41) is 0. The molecular weight excluding hydrogens is 248 g/mol. The highest BCUT2D eigenvalue weighted by Gasteiger charge is 2.57. The third-order valence-electron chi connectivity index (χ3n) is 7.04. The Labute approximate surface area is 122 Å². The van der Waals surface area contributed by atoms with E-state index in [1.54, 1.807) is 0 Å². The number of hydrogen-bond acceptors (Lipinski definition) is 1. The van der Waals surface area contributed by atoms with Gasteiger partial charge in [0.2, 0.25) is 5.91 Å². The normalized spacial score (nSPS) is 47.6. The second-order valence-corrected chi connectivity index (χ2v) is 7.69. The Morgan fingerprint density at radius 1 is 1.15 bits per heavy atom. The third kappa shape index (κ3) is 1.71. The maximum Gasteiger partial charge on any atom is 0.222 e. The van der Waals surface area contributed by atoms with E-state index in [4.69, 9.17) is 0 Å². The van der Waals surface area contributed by atoms with Crippen LogP contribution in [0.1, 0.15) is 51.9 Å². The van der Waals surface area contributed by atoms with Gasteiger partial charge in [0.25, 0.3) is 0 Å². The second-order valence-electron chi connectivity index (χ2n) is 7.69. The highest BCUT2D eigenvalue weighted by atomic mass is 16.2. The molecule has 4 heterocycles. The maximum atomic E-state index is 12.3. The molecule has 0 bridgehead atoms. The monoisotopic (exact) mass is 277 g/mol. The number of piperidine rings is 4. The zero-order valence-corrected chi connectivity index (χ0v) is 12.9. The zero-order chi connectivity index (χ0) is 13.7. The van der Waals surface area contributed by atoms with Crippen molar-refractivity contribution in [1.29, 1.82) is 0 Å². The Hall–Kier alpha value is -0.570. The number of fused-ring (bicyclic) bond motifs is 2. The molecular formula is C17H29N2O+. The number of nitrogens with zero attached hydrogens (tertiary/aromatic N) is 2. The highest BCUT2D eigenvalue weighted by Crippen LogP contribution is 2.48. The van der Waals surface area contributed by atoms with Gasteiger partial charge in [-0.15, -0.1) is 0 Å². The lowest BCUT2D eigenvalue weighted by Crippen LogP contribution is -2.73. The molecule has 0 radical (unpaired) electrons. The number of hydrogen-bond donors (Lipinski definition) is 0. The fourth-order valence-electron chi connectivity index (χ4n) is 6.29. The molecule has 112 valence electrons. The number of carbonyl (C=O) groups excluding carboxylic acids is 1. The molecule has 4 fully saturated rings. The number of rotatable bonds is 1. The van der Waals surface area contributed by atoms with E-state index in [0.717, 1.165) is 37.3 Å². The summed E-state index contributed by atoms with van der Waals surface area (Å²) in [6, 6.07) is 1.48. The first-order chi connectivity index (χ1) is 9.75. The lowest BCUT2D eigenvalue weighted by atomic mass is 9.66. The highest BCUT2D eigenvalue weighted by molar-refractivity contribution is 5.77. The van der Waals surface area contributed by atoms with Gasteiger partial charge in [0.15, 0.2) is 0 Å². The van der Waals surface area contributed by atoms with Crippen LogP contribution in [0.15, 0.2) is 0 Å². The molecule has 4 aliphatic rings. The van der Waals surface area contributed by atoms with E-state index in [1.807, 2.05) is 0 Å². The fraction of sp³-hybridized carbons (Fsp3) is 0.941. The molecule has 5 unspecified atom stereocenters. The van der Waals surface area contributed by atoms with Gasteiger partial charge in [0.05, 0.1) is 25.7 Å². The molecule has 20 heavy (non-hydrogen) atoms. The van der Waals surface area contributed by atoms with Crippen molar-refractivity contribution in [3.8, 4) is 0 Å². The van der Waals surface area contributed by atoms with Crippen LogP contribution in [0.2, 0.25) is 0 Å². The molecule has 0 N–H and O–H groups in total. The van der Waals surface area contributed by atoms with E-state index in [-0.39, 0.29) is 0 Å². The largest absolute Gasteiger partial charge is 0.339 e. The minimum Gasteiger partial charge on any atom is -0.339 e. The second kappa shape index (κ2) is 4.72. The van der Waals surface area contributed by atoms with Gasteiger partial charge in [-0.25, -0.2) is 0 Å². The molecule has 3 nitrogen and oxygen atoms in total. The average Bonchev–Trinajstić information content (AvgIpc) is 2.49. The fourth-order valence-corrected chi connectivity index (χ4v) is 6.29. The summed E-state index contributed by atoms with van der Waals surface area (Å²) < 4.78 is 1.40. The molecule has 5 atom stereocenters. The minimum absolute atomic E-state index is 0.463. The predicted molar refractivity (Wildman–Crippen MR) is 79.1 cm³/mol. The van der Waals surface area contributed by atoms with E-state index < -0.39 is 0 Å². The standard InChI is InChI=1S/C17H29N2O/c1-2-19-10-4-6-13-12-18-15(8-3-9-16(18)20)14(17(13)19)7-5-11-19/h13-15,17H,2-12H2,1H3/q+1. The van der Waals surface area contributed by atoms with Gasteiger partial charge in [-0.2, -0.15) is 0 Å². The van der Waals surface area contributed by atoms with E-state index in [1.165, 1.54) is 56.2 Å². The number of amides is 1. The van der Waals surface area contributed by atoms with Crippen molar-refractivity contribution in [2.75, 3.05) is 26.2 Å². The summed E-state index contributed by atoms with van der Waals surface area (Å²) >= 11 is 0. The smallest absolute Gasteiger partial charge is 0.222 e. The average molecular weight is 277 g/mol. The topological polar surface area (TPSA) is 20.3 Å². The van der Waals surface area contributed by atoms with Crippen LogP contribution in [0, 0.1) is 11.8 Å².